The van der Waals surface area contributed by atoms with Crippen molar-refractivity contribution in [1.29, 1.82) is 0 Å². The molecule has 1 N–H and O–H groups in total. The van der Waals surface area contributed by atoms with Crippen molar-refractivity contribution in [2.24, 2.45) is 5.92 Å². The number of carbonyl (C=O) groups excluding carboxylic acids is 1. The van der Waals surface area contributed by atoms with Crippen molar-refractivity contribution in [1.82, 2.24) is 14.7 Å². The molecule has 2 aromatic rings. The van der Waals surface area contributed by atoms with Crippen LogP contribution < -0.4 is 5.32 Å². The molecule has 3 rings (SSSR count). The highest BCUT2D eigenvalue weighted by molar-refractivity contribution is 5.93. The molecule has 0 unspecified atom stereocenters. The molecular formula is C22H32N4O. The average molecular weight is 369 g/mol. The summed E-state index contributed by atoms with van der Waals surface area (Å²) in [6.07, 6.45) is 2.24. The minimum Gasteiger partial charge on any atom is -0.324 e. The van der Waals surface area contributed by atoms with Crippen LogP contribution >= 0.6 is 0 Å². The monoisotopic (exact) mass is 368 g/mol. The summed E-state index contributed by atoms with van der Waals surface area (Å²) < 4.78 is 2.13. The second kappa shape index (κ2) is 8.26. The maximum absolute atomic E-state index is 12.5. The number of nitrogens with one attached hydrogen (secondary N) is 1. The van der Waals surface area contributed by atoms with Crippen molar-refractivity contribution in [2.75, 3.05) is 25.0 Å². The third-order valence-corrected chi connectivity index (χ3v) is 5.55. The first-order chi connectivity index (χ1) is 12.8. The van der Waals surface area contributed by atoms with Gasteiger partial charge in [-0.2, -0.15) is 5.10 Å². The molecule has 0 atom stereocenters. The number of amides is 1. The number of nitrogens with zero attached hydrogens (tertiary/aromatic N) is 3. The van der Waals surface area contributed by atoms with E-state index in [2.05, 4.69) is 65.9 Å². The Labute approximate surface area is 162 Å². The summed E-state index contributed by atoms with van der Waals surface area (Å²) in [5.74, 6) is 0.728. The van der Waals surface area contributed by atoms with Gasteiger partial charge in [-0.1, -0.05) is 17.7 Å². The van der Waals surface area contributed by atoms with Gasteiger partial charge in [-0.3, -0.25) is 14.4 Å². The van der Waals surface area contributed by atoms with Crippen LogP contribution in [0.5, 0.6) is 0 Å². The Balaban J connectivity index is 1.49. The maximum Gasteiger partial charge on any atom is 0.238 e. The molecule has 0 aliphatic carbocycles. The molecule has 0 bridgehead atoms. The van der Waals surface area contributed by atoms with E-state index in [0.29, 0.717) is 12.5 Å². The number of aryl methyl sites for hydroxylation is 5. The number of rotatable bonds is 5. The fourth-order valence-electron chi connectivity index (χ4n) is 4.19. The van der Waals surface area contributed by atoms with Gasteiger partial charge in [-0.15, -0.1) is 0 Å². The van der Waals surface area contributed by atoms with Gasteiger partial charge in [0.2, 0.25) is 5.91 Å². The van der Waals surface area contributed by atoms with E-state index in [1.54, 1.807) is 0 Å². The van der Waals surface area contributed by atoms with E-state index in [0.717, 1.165) is 55.0 Å². The quantitative estimate of drug-likeness (QED) is 0.874. The van der Waals surface area contributed by atoms with Crippen LogP contribution in [0.1, 0.15) is 40.9 Å². The second-order valence-corrected chi connectivity index (χ2v) is 8.15. The van der Waals surface area contributed by atoms with Gasteiger partial charge in [0.05, 0.1) is 12.2 Å². The largest absolute Gasteiger partial charge is 0.324 e. The standard InChI is InChI=1S/C22H32N4O/c1-15-10-16(2)22(17(3)11-15)23-21(27)14-25-8-6-20(7-9-25)13-26-19(5)12-18(4)24-26/h10-12,20H,6-9,13-14H2,1-5H3,(H,23,27). The second-order valence-electron chi connectivity index (χ2n) is 8.15. The smallest absolute Gasteiger partial charge is 0.238 e. The lowest BCUT2D eigenvalue weighted by Crippen LogP contribution is -2.40. The van der Waals surface area contributed by atoms with E-state index in [4.69, 9.17) is 0 Å². The lowest BCUT2D eigenvalue weighted by Gasteiger charge is -2.31. The Morgan fingerprint density at radius 3 is 2.26 bits per heavy atom. The first-order valence-electron chi connectivity index (χ1n) is 9.93. The molecule has 1 aromatic carbocycles. The van der Waals surface area contributed by atoms with Gasteiger partial charge in [0.15, 0.2) is 0 Å². The maximum atomic E-state index is 12.5. The van der Waals surface area contributed by atoms with Crippen molar-refractivity contribution in [3.05, 3.63) is 46.3 Å². The van der Waals surface area contributed by atoms with Gasteiger partial charge in [0, 0.05) is 17.9 Å². The Bertz CT molecular complexity index is 793. The van der Waals surface area contributed by atoms with Crippen LogP contribution in [-0.4, -0.2) is 40.2 Å². The Morgan fingerprint density at radius 1 is 1.07 bits per heavy atom. The molecular weight excluding hydrogens is 336 g/mol. The van der Waals surface area contributed by atoms with Gasteiger partial charge in [-0.05, 0) is 83.7 Å². The number of carbonyl (C=O) groups is 1. The topological polar surface area (TPSA) is 50.2 Å². The summed E-state index contributed by atoms with van der Waals surface area (Å²) in [5, 5.41) is 7.70. The normalized spacial score (nSPS) is 15.9. The van der Waals surface area contributed by atoms with Crippen molar-refractivity contribution < 1.29 is 4.79 Å². The van der Waals surface area contributed by atoms with Crippen LogP contribution in [-0.2, 0) is 11.3 Å². The predicted octanol–water partition coefficient (Wildman–Crippen LogP) is 3.78. The fourth-order valence-corrected chi connectivity index (χ4v) is 4.19. The number of aromatic nitrogens is 2. The van der Waals surface area contributed by atoms with Crippen LogP contribution in [0.4, 0.5) is 5.69 Å². The average Bonchev–Trinajstić information content (AvgIpc) is 2.90. The first kappa shape index (κ1) is 19.6. The van der Waals surface area contributed by atoms with Crippen molar-refractivity contribution in [2.45, 2.75) is 54.0 Å². The van der Waals surface area contributed by atoms with E-state index < -0.39 is 0 Å². The number of anilines is 1. The molecule has 5 heteroatoms. The van der Waals surface area contributed by atoms with E-state index >= 15 is 0 Å². The van der Waals surface area contributed by atoms with Gasteiger partial charge in [0.25, 0.3) is 0 Å². The Kier molecular flexibility index (Phi) is 6.00. The van der Waals surface area contributed by atoms with Crippen LogP contribution in [0, 0.1) is 40.5 Å². The van der Waals surface area contributed by atoms with Gasteiger partial charge in [-0.25, -0.2) is 0 Å². The van der Waals surface area contributed by atoms with Crippen LogP contribution in [0.15, 0.2) is 18.2 Å². The summed E-state index contributed by atoms with van der Waals surface area (Å²) in [6, 6.07) is 6.37. The zero-order valence-corrected chi connectivity index (χ0v) is 17.3. The highest BCUT2D eigenvalue weighted by atomic mass is 16.2. The van der Waals surface area contributed by atoms with Crippen molar-refractivity contribution >= 4 is 11.6 Å². The summed E-state index contributed by atoms with van der Waals surface area (Å²) >= 11 is 0. The zero-order chi connectivity index (χ0) is 19.6. The van der Waals surface area contributed by atoms with Crippen molar-refractivity contribution in [3.63, 3.8) is 0 Å². The molecule has 1 aliphatic heterocycles. The predicted molar refractivity (Wildman–Crippen MR) is 110 cm³/mol. The molecule has 0 radical (unpaired) electrons. The molecule has 27 heavy (non-hydrogen) atoms. The van der Waals surface area contributed by atoms with E-state index in [9.17, 15) is 4.79 Å². The molecule has 5 nitrogen and oxygen atoms in total. The SMILES string of the molecule is Cc1cc(C)c(NC(=O)CN2CCC(Cn3nc(C)cc3C)CC2)c(C)c1. The number of likely N-dealkylation sites (tertiary alicyclic amines) is 1. The summed E-state index contributed by atoms with van der Waals surface area (Å²) in [6.45, 7) is 13.8. The molecule has 1 amide bonds. The fraction of sp³-hybridized carbons (Fsp3) is 0.545. The number of benzene rings is 1. The lowest BCUT2D eigenvalue weighted by atomic mass is 9.97. The van der Waals surface area contributed by atoms with Crippen molar-refractivity contribution in [3.8, 4) is 0 Å². The first-order valence-corrected chi connectivity index (χ1v) is 9.93. The third kappa shape index (κ3) is 4.98. The van der Waals surface area contributed by atoms with Gasteiger partial charge < -0.3 is 5.32 Å². The molecule has 1 saturated heterocycles. The van der Waals surface area contributed by atoms with Crippen LogP contribution in [0.25, 0.3) is 0 Å². The summed E-state index contributed by atoms with van der Waals surface area (Å²) in [5.41, 5.74) is 6.77. The molecule has 1 aliphatic rings. The highest BCUT2D eigenvalue weighted by Gasteiger charge is 2.22. The Hall–Kier alpha value is -2.14. The Morgan fingerprint density at radius 2 is 1.70 bits per heavy atom. The highest BCUT2D eigenvalue weighted by Crippen LogP contribution is 2.23. The molecule has 1 fully saturated rings. The summed E-state index contributed by atoms with van der Waals surface area (Å²) in [7, 11) is 0. The van der Waals surface area contributed by atoms with Gasteiger partial charge >= 0.3 is 0 Å². The number of piperidine rings is 1. The minimum atomic E-state index is 0.0852. The van der Waals surface area contributed by atoms with E-state index in [1.807, 2.05) is 6.92 Å². The molecule has 0 saturated carbocycles. The summed E-state index contributed by atoms with van der Waals surface area (Å²) in [4.78, 5) is 14.8. The van der Waals surface area contributed by atoms with E-state index in [1.165, 1.54) is 11.3 Å². The number of hydrogen-bond donors (Lipinski definition) is 1. The van der Waals surface area contributed by atoms with Crippen LogP contribution in [0.3, 0.4) is 0 Å². The molecule has 1 aromatic heterocycles. The van der Waals surface area contributed by atoms with Gasteiger partial charge in [0.1, 0.15) is 0 Å². The zero-order valence-electron chi connectivity index (χ0n) is 17.3. The minimum absolute atomic E-state index is 0.0852. The number of hydrogen-bond acceptors (Lipinski definition) is 3. The molecule has 0 spiro atoms. The third-order valence-electron chi connectivity index (χ3n) is 5.55. The molecule has 146 valence electrons. The van der Waals surface area contributed by atoms with E-state index in [-0.39, 0.29) is 5.91 Å². The lowest BCUT2D eigenvalue weighted by molar-refractivity contribution is -0.117. The molecule has 2 heterocycles. The van der Waals surface area contributed by atoms with Crippen LogP contribution in [0.2, 0.25) is 0 Å².